The van der Waals surface area contributed by atoms with Gasteiger partial charge in [-0.1, -0.05) is 35.5 Å². The predicted octanol–water partition coefficient (Wildman–Crippen LogP) is 2.54. The van der Waals surface area contributed by atoms with Gasteiger partial charge < -0.3 is 19.4 Å². The summed E-state index contributed by atoms with van der Waals surface area (Å²) < 4.78 is 5.39. The SMILES string of the molecule is COc1ccccc1C1=NO[C@H](C(=O)N2CCN(c3ccccc3)CC2)C1. The average molecular weight is 365 g/mol. The van der Waals surface area contributed by atoms with E-state index in [2.05, 4.69) is 22.2 Å². The molecule has 0 saturated carbocycles. The third-order valence-electron chi connectivity index (χ3n) is 5.07. The van der Waals surface area contributed by atoms with Crippen molar-refractivity contribution in [3.8, 4) is 5.75 Å². The van der Waals surface area contributed by atoms with Gasteiger partial charge >= 0.3 is 0 Å². The Morgan fingerprint density at radius 1 is 1.04 bits per heavy atom. The number of benzene rings is 2. The lowest BCUT2D eigenvalue weighted by Crippen LogP contribution is -2.51. The number of para-hydroxylation sites is 2. The Hall–Kier alpha value is -3.02. The molecule has 6 nitrogen and oxygen atoms in total. The van der Waals surface area contributed by atoms with Crippen molar-refractivity contribution in [2.75, 3.05) is 38.2 Å². The molecule has 0 bridgehead atoms. The van der Waals surface area contributed by atoms with Gasteiger partial charge in [-0.25, -0.2) is 0 Å². The molecule has 2 aromatic rings. The number of piperazine rings is 1. The zero-order valence-corrected chi connectivity index (χ0v) is 15.4. The number of methoxy groups -OCH3 is 1. The van der Waals surface area contributed by atoms with Gasteiger partial charge in [0.1, 0.15) is 5.75 Å². The molecule has 1 saturated heterocycles. The Morgan fingerprint density at radius 3 is 2.48 bits per heavy atom. The van der Waals surface area contributed by atoms with Gasteiger partial charge in [0, 0.05) is 43.9 Å². The van der Waals surface area contributed by atoms with Gasteiger partial charge in [-0.3, -0.25) is 4.79 Å². The van der Waals surface area contributed by atoms with Crippen LogP contribution in [0.5, 0.6) is 5.75 Å². The summed E-state index contributed by atoms with van der Waals surface area (Å²) in [7, 11) is 1.63. The van der Waals surface area contributed by atoms with Crippen molar-refractivity contribution in [1.29, 1.82) is 0 Å². The van der Waals surface area contributed by atoms with E-state index in [0.717, 1.165) is 30.1 Å². The first-order chi connectivity index (χ1) is 13.3. The second-order valence-electron chi connectivity index (χ2n) is 6.68. The number of hydrogen-bond acceptors (Lipinski definition) is 5. The minimum atomic E-state index is -0.548. The third-order valence-corrected chi connectivity index (χ3v) is 5.07. The lowest BCUT2D eigenvalue weighted by atomic mass is 10.0. The van der Waals surface area contributed by atoms with E-state index in [1.807, 2.05) is 47.4 Å². The Bertz CT molecular complexity index is 830. The molecule has 0 aromatic heterocycles. The summed E-state index contributed by atoms with van der Waals surface area (Å²) in [6.45, 7) is 3.03. The molecule has 4 rings (SSSR count). The van der Waals surface area contributed by atoms with Crippen LogP contribution in [0.25, 0.3) is 0 Å². The number of anilines is 1. The molecule has 1 fully saturated rings. The Kier molecular flexibility index (Phi) is 4.96. The third kappa shape index (κ3) is 3.60. The number of nitrogens with zero attached hydrogens (tertiary/aromatic N) is 3. The molecular formula is C21H23N3O3. The molecule has 0 spiro atoms. The van der Waals surface area contributed by atoms with E-state index in [1.54, 1.807) is 7.11 Å². The molecule has 1 atom stereocenters. The van der Waals surface area contributed by atoms with E-state index in [-0.39, 0.29) is 5.91 Å². The van der Waals surface area contributed by atoms with Crippen molar-refractivity contribution in [3.63, 3.8) is 0 Å². The highest BCUT2D eigenvalue weighted by molar-refractivity contribution is 6.05. The van der Waals surface area contributed by atoms with Crippen LogP contribution in [-0.2, 0) is 9.63 Å². The molecule has 2 aliphatic heterocycles. The summed E-state index contributed by atoms with van der Waals surface area (Å²) in [5.74, 6) is 0.751. The molecule has 0 aliphatic carbocycles. The largest absolute Gasteiger partial charge is 0.496 e. The first kappa shape index (κ1) is 17.4. The van der Waals surface area contributed by atoms with Crippen LogP contribution < -0.4 is 9.64 Å². The molecule has 6 heteroatoms. The maximum absolute atomic E-state index is 12.9. The van der Waals surface area contributed by atoms with Crippen LogP contribution in [0.3, 0.4) is 0 Å². The molecule has 2 heterocycles. The molecule has 27 heavy (non-hydrogen) atoms. The van der Waals surface area contributed by atoms with E-state index in [4.69, 9.17) is 9.57 Å². The standard InChI is InChI=1S/C21H23N3O3/c1-26-19-10-6-5-9-17(19)18-15-20(27-22-18)21(25)24-13-11-23(12-14-24)16-7-3-2-4-8-16/h2-10,20H,11-15H2,1H3/t20-/m0/s1. The first-order valence-electron chi connectivity index (χ1n) is 9.21. The molecule has 1 amide bonds. The van der Waals surface area contributed by atoms with Crippen LogP contribution in [0.15, 0.2) is 59.8 Å². The van der Waals surface area contributed by atoms with E-state index in [9.17, 15) is 4.79 Å². The first-order valence-corrected chi connectivity index (χ1v) is 9.21. The fourth-order valence-corrected chi connectivity index (χ4v) is 3.58. The molecular weight excluding hydrogens is 342 g/mol. The Morgan fingerprint density at radius 2 is 1.74 bits per heavy atom. The molecule has 140 valence electrons. The number of hydrogen-bond donors (Lipinski definition) is 0. The van der Waals surface area contributed by atoms with Crippen LogP contribution in [-0.4, -0.2) is 55.9 Å². The van der Waals surface area contributed by atoms with Gasteiger partial charge in [-0.2, -0.15) is 0 Å². The van der Waals surface area contributed by atoms with Gasteiger partial charge in [0.2, 0.25) is 6.10 Å². The lowest BCUT2D eigenvalue weighted by Gasteiger charge is -2.36. The summed E-state index contributed by atoms with van der Waals surface area (Å²) >= 11 is 0. The van der Waals surface area contributed by atoms with Crippen molar-refractivity contribution in [1.82, 2.24) is 4.90 Å². The van der Waals surface area contributed by atoms with Crippen LogP contribution in [0.1, 0.15) is 12.0 Å². The monoisotopic (exact) mass is 365 g/mol. The molecule has 2 aromatic carbocycles. The van der Waals surface area contributed by atoms with Gasteiger partial charge in [0.05, 0.1) is 12.8 Å². The second kappa shape index (κ2) is 7.70. The van der Waals surface area contributed by atoms with E-state index in [0.29, 0.717) is 19.5 Å². The highest BCUT2D eigenvalue weighted by Crippen LogP contribution is 2.25. The lowest BCUT2D eigenvalue weighted by molar-refractivity contribution is -0.142. The fourth-order valence-electron chi connectivity index (χ4n) is 3.58. The van der Waals surface area contributed by atoms with Crippen molar-refractivity contribution >= 4 is 17.3 Å². The Balaban J connectivity index is 1.35. The van der Waals surface area contributed by atoms with Gasteiger partial charge in [-0.15, -0.1) is 0 Å². The maximum Gasteiger partial charge on any atom is 0.267 e. The predicted molar refractivity (Wildman–Crippen MR) is 104 cm³/mol. The van der Waals surface area contributed by atoms with Crippen molar-refractivity contribution < 1.29 is 14.4 Å². The number of carbonyl (C=O) groups excluding carboxylic acids is 1. The number of rotatable bonds is 4. The Labute approximate surface area is 159 Å². The number of amides is 1. The normalized spacial score (nSPS) is 19.4. The summed E-state index contributed by atoms with van der Waals surface area (Å²) in [6, 6.07) is 18.0. The fraction of sp³-hybridized carbons (Fsp3) is 0.333. The minimum absolute atomic E-state index is 0.0105. The van der Waals surface area contributed by atoms with Crippen molar-refractivity contribution in [2.45, 2.75) is 12.5 Å². The van der Waals surface area contributed by atoms with E-state index >= 15 is 0 Å². The van der Waals surface area contributed by atoms with Crippen molar-refractivity contribution in [3.05, 3.63) is 60.2 Å². The maximum atomic E-state index is 12.9. The summed E-state index contributed by atoms with van der Waals surface area (Å²) in [5.41, 5.74) is 2.83. The zero-order chi connectivity index (χ0) is 18.6. The average Bonchev–Trinajstić information content (AvgIpc) is 3.24. The highest BCUT2D eigenvalue weighted by Gasteiger charge is 2.34. The van der Waals surface area contributed by atoms with E-state index < -0.39 is 6.10 Å². The number of ether oxygens (including phenoxy) is 1. The smallest absolute Gasteiger partial charge is 0.267 e. The molecule has 0 unspecified atom stereocenters. The van der Waals surface area contributed by atoms with Gasteiger partial charge in [-0.05, 0) is 24.3 Å². The highest BCUT2D eigenvalue weighted by atomic mass is 16.6. The van der Waals surface area contributed by atoms with Gasteiger partial charge in [0.25, 0.3) is 5.91 Å². The summed E-state index contributed by atoms with van der Waals surface area (Å²) in [6.07, 6.45) is -0.0776. The van der Waals surface area contributed by atoms with Gasteiger partial charge in [0.15, 0.2) is 0 Å². The zero-order valence-electron chi connectivity index (χ0n) is 15.4. The number of carbonyl (C=O) groups is 1. The minimum Gasteiger partial charge on any atom is -0.496 e. The van der Waals surface area contributed by atoms with Crippen LogP contribution in [0.4, 0.5) is 5.69 Å². The van der Waals surface area contributed by atoms with Crippen molar-refractivity contribution in [2.24, 2.45) is 5.16 Å². The summed E-state index contributed by atoms with van der Waals surface area (Å²) in [4.78, 5) is 22.5. The second-order valence-corrected chi connectivity index (χ2v) is 6.68. The van der Waals surface area contributed by atoms with Crippen LogP contribution in [0, 0.1) is 0 Å². The van der Waals surface area contributed by atoms with E-state index in [1.165, 1.54) is 5.69 Å². The quantitative estimate of drug-likeness (QED) is 0.836. The molecule has 2 aliphatic rings. The van der Waals surface area contributed by atoms with Crippen LogP contribution >= 0.6 is 0 Å². The van der Waals surface area contributed by atoms with Crippen LogP contribution in [0.2, 0.25) is 0 Å². The topological polar surface area (TPSA) is 54.4 Å². The number of oxime groups is 1. The molecule has 0 N–H and O–H groups in total. The summed E-state index contributed by atoms with van der Waals surface area (Å²) in [5, 5.41) is 4.15. The molecule has 0 radical (unpaired) electrons.